The van der Waals surface area contributed by atoms with Gasteiger partial charge in [-0.05, 0) is 25.0 Å². The van der Waals surface area contributed by atoms with E-state index >= 15 is 0 Å². The van der Waals surface area contributed by atoms with Crippen LogP contribution in [-0.2, 0) is 9.47 Å². The molecule has 4 nitrogen and oxygen atoms in total. The minimum Gasteiger partial charge on any atom is -0.366 e. The molecule has 2 fully saturated rings. The van der Waals surface area contributed by atoms with E-state index in [1.807, 2.05) is 0 Å². The van der Waals surface area contributed by atoms with Gasteiger partial charge < -0.3 is 14.4 Å². The van der Waals surface area contributed by atoms with Crippen LogP contribution >= 0.6 is 0 Å². The molecule has 0 bridgehead atoms. The van der Waals surface area contributed by atoms with Crippen LogP contribution in [0.3, 0.4) is 0 Å². The Balaban J connectivity index is 1.81. The number of benzene rings is 1. The van der Waals surface area contributed by atoms with E-state index in [-0.39, 0.29) is 23.5 Å². The van der Waals surface area contributed by atoms with Crippen molar-refractivity contribution >= 4 is 5.69 Å². The maximum Gasteiger partial charge on any atom is 0.162 e. The van der Waals surface area contributed by atoms with E-state index in [4.69, 9.17) is 14.7 Å². The monoisotopic (exact) mass is 294 g/mol. The van der Waals surface area contributed by atoms with E-state index < -0.39 is 11.6 Å². The number of rotatable bonds is 2. The first-order valence-corrected chi connectivity index (χ1v) is 7.06. The van der Waals surface area contributed by atoms with Crippen LogP contribution < -0.4 is 4.90 Å². The quantitative estimate of drug-likeness (QED) is 0.840. The van der Waals surface area contributed by atoms with E-state index in [2.05, 4.69) is 0 Å². The van der Waals surface area contributed by atoms with E-state index in [1.165, 1.54) is 0 Å². The Morgan fingerprint density at radius 2 is 1.86 bits per heavy atom. The lowest BCUT2D eigenvalue weighted by Crippen LogP contribution is -2.41. The second-order valence-corrected chi connectivity index (χ2v) is 5.36. The van der Waals surface area contributed by atoms with Gasteiger partial charge in [-0.25, -0.2) is 8.78 Å². The average molecular weight is 294 g/mol. The molecule has 0 amide bonds. The number of halogens is 2. The minimum atomic E-state index is -0.694. The molecule has 112 valence electrons. The van der Waals surface area contributed by atoms with Crippen molar-refractivity contribution in [1.29, 1.82) is 5.26 Å². The third-order valence-electron chi connectivity index (χ3n) is 3.95. The van der Waals surface area contributed by atoms with Gasteiger partial charge in [0.1, 0.15) is 5.69 Å². The SMILES string of the molecule is N#Cc1cc(F)c(N2CCC[C@@H](C3OCCO3)C2)c(F)c1. The molecular formula is C15H16F2N2O2. The van der Waals surface area contributed by atoms with Gasteiger partial charge in [-0.3, -0.25) is 0 Å². The Morgan fingerprint density at radius 1 is 1.19 bits per heavy atom. The highest BCUT2D eigenvalue weighted by Gasteiger charge is 2.32. The average Bonchev–Trinajstić information content (AvgIpc) is 3.01. The fraction of sp³-hybridized carbons (Fsp3) is 0.533. The van der Waals surface area contributed by atoms with E-state index in [1.54, 1.807) is 11.0 Å². The van der Waals surface area contributed by atoms with Gasteiger partial charge >= 0.3 is 0 Å². The van der Waals surface area contributed by atoms with Gasteiger partial charge in [-0.2, -0.15) is 5.26 Å². The van der Waals surface area contributed by atoms with Gasteiger partial charge in [-0.15, -0.1) is 0 Å². The van der Waals surface area contributed by atoms with Crippen molar-refractivity contribution < 1.29 is 18.3 Å². The number of nitrogens with zero attached hydrogens (tertiary/aromatic N) is 2. The lowest BCUT2D eigenvalue weighted by Gasteiger charge is -2.36. The molecular weight excluding hydrogens is 278 g/mol. The van der Waals surface area contributed by atoms with Crippen LogP contribution in [0.25, 0.3) is 0 Å². The molecule has 1 aromatic carbocycles. The lowest BCUT2D eigenvalue weighted by molar-refractivity contribution is -0.0859. The largest absolute Gasteiger partial charge is 0.366 e. The predicted molar refractivity (Wildman–Crippen MR) is 71.7 cm³/mol. The van der Waals surface area contributed by atoms with E-state index in [0.717, 1.165) is 25.0 Å². The Kier molecular flexibility index (Phi) is 4.04. The molecule has 1 atom stereocenters. The van der Waals surface area contributed by atoms with E-state index in [9.17, 15) is 8.78 Å². The fourth-order valence-electron chi connectivity index (χ4n) is 3.02. The molecule has 2 aliphatic rings. The second kappa shape index (κ2) is 5.96. The van der Waals surface area contributed by atoms with Gasteiger partial charge in [0.15, 0.2) is 17.9 Å². The number of anilines is 1. The van der Waals surface area contributed by atoms with Crippen LogP contribution in [-0.4, -0.2) is 32.6 Å². The highest BCUT2D eigenvalue weighted by Crippen LogP contribution is 2.31. The molecule has 0 unspecified atom stereocenters. The molecule has 2 aliphatic heterocycles. The van der Waals surface area contributed by atoms with Crippen LogP contribution in [0.2, 0.25) is 0 Å². The zero-order chi connectivity index (χ0) is 14.8. The number of hydrogen-bond acceptors (Lipinski definition) is 4. The van der Waals surface area contributed by atoms with Crippen molar-refractivity contribution in [3.05, 3.63) is 29.3 Å². The molecule has 21 heavy (non-hydrogen) atoms. The molecule has 0 radical (unpaired) electrons. The Bertz CT molecular complexity index is 544. The molecule has 0 aromatic heterocycles. The number of ether oxygens (including phenoxy) is 2. The topological polar surface area (TPSA) is 45.5 Å². The lowest BCUT2D eigenvalue weighted by atomic mass is 9.96. The molecule has 0 saturated carbocycles. The van der Waals surface area contributed by atoms with Crippen molar-refractivity contribution in [3.63, 3.8) is 0 Å². The predicted octanol–water partition coefficient (Wildman–Crippen LogP) is 2.43. The summed E-state index contributed by atoms with van der Waals surface area (Å²) in [6.07, 6.45) is 1.46. The van der Waals surface area contributed by atoms with Crippen molar-refractivity contribution in [3.8, 4) is 6.07 Å². The molecule has 3 rings (SSSR count). The fourth-order valence-corrected chi connectivity index (χ4v) is 3.02. The Hall–Kier alpha value is -1.71. The molecule has 2 saturated heterocycles. The van der Waals surface area contributed by atoms with Crippen molar-refractivity contribution in [2.75, 3.05) is 31.2 Å². The highest BCUT2D eigenvalue weighted by atomic mass is 19.1. The summed E-state index contributed by atoms with van der Waals surface area (Å²) in [7, 11) is 0. The third-order valence-corrected chi connectivity index (χ3v) is 3.95. The van der Waals surface area contributed by atoms with Gasteiger partial charge in [-0.1, -0.05) is 0 Å². The van der Waals surface area contributed by atoms with E-state index in [0.29, 0.717) is 26.3 Å². The molecule has 0 N–H and O–H groups in total. The summed E-state index contributed by atoms with van der Waals surface area (Å²) in [6.45, 7) is 2.22. The van der Waals surface area contributed by atoms with Crippen LogP contribution in [0, 0.1) is 28.9 Å². The molecule has 0 spiro atoms. The van der Waals surface area contributed by atoms with Crippen molar-refractivity contribution in [2.24, 2.45) is 5.92 Å². The normalized spacial score (nSPS) is 23.3. The maximum atomic E-state index is 14.1. The van der Waals surface area contributed by atoms with Crippen LogP contribution in [0.15, 0.2) is 12.1 Å². The first kappa shape index (κ1) is 14.2. The molecule has 1 aromatic rings. The zero-order valence-electron chi connectivity index (χ0n) is 11.5. The Morgan fingerprint density at radius 3 is 2.48 bits per heavy atom. The van der Waals surface area contributed by atoms with Crippen LogP contribution in [0.4, 0.5) is 14.5 Å². The summed E-state index contributed by atoms with van der Waals surface area (Å²) in [5.41, 5.74) is -0.0681. The third kappa shape index (κ3) is 2.85. The number of piperidine rings is 1. The number of hydrogen-bond donors (Lipinski definition) is 0. The van der Waals surface area contributed by atoms with Gasteiger partial charge in [0, 0.05) is 19.0 Å². The minimum absolute atomic E-state index is 0.00947. The van der Waals surface area contributed by atoms with Gasteiger partial charge in [0.25, 0.3) is 0 Å². The molecule has 6 heteroatoms. The second-order valence-electron chi connectivity index (χ2n) is 5.36. The summed E-state index contributed by atoms with van der Waals surface area (Å²) < 4.78 is 39.2. The van der Waals surface area contributed by atoms with Gasteiger partial charge in [0.05, 0.1) is 24.8 Å². The van der Waals surface area contributed by atoms with Crippen molar-refractivity contribution in [2.45, 2.75) is 19.1 Å². The molecule has 2 heterocycles. The zero-order valence-corrected chi connectivity index (χ0v) is 11.5. The summed E-state index contributed by atoms with van der Waals surface area (Å²) in [5.74, 6) is -1.28. The Labute approximate surface area is 121 Å². The number of nitriles is 1. The highest BCUT2D eigenvalue weighted by molar-refractivity contribution is 5.53. The standard InChI is InChI=1S/C15H16F2N2O2/c16-12-6-10(8-18)7-13(17)14(12)19-3-1-2-11(9-19)15-20-4-5-21-15/h6-7,11,15H,1-5,9H2/t11-/m1/s1. The summed E-state index contributed by atoms with van der Waals surface area (Å²) in [4.78, 5) is 1.69. The summed E-state index contributed by atoms with van der Waals surface area (Å²) in [5, 5.41) is 8.74. The first-order chi connectivity index (χ1) is 10.2. The summed E-state index contributed by atoms with van der Waals surface area (Å²) >= 11 is 0. The maximum absolute atomic E-state index is 14.1. The van der Waals surface area contributed by atoms with Gasteiger partial charge in [0.2, 0.25) is 0 Å². The molecule has 0 aliphatic carbocycles. The van der Waals surface area contributed by atoms with Crippen molar-refractivity contribution in [1.82, 2.24) is 0 Å². The van der Waals surface area contributed by atoms with Crippen LogP contribution in [0.1, 0.15) is 18.4 Å². The smallest absolute Gasteiger partial charge is 0.162 e. The summed E-state index contributed by atoms with van der Waals surface area (Å²) in [6, 6.07) is 3.90. The first-order valence-electron chi connectivity index (χ1n) is 7.06. The van der Waals surface area contributed by atoms with Crippen LogP contribution in [0.5, 0.6) is 0 Å².